The predicted molar refractivity (Wildman–Crippen MR) is 57.9 cm³/mol. The molecule has 0 N–H and O–H groups in total. The largest absolute Gasteiger partial charge is 0.356 e. The summed E-state index contributed by atoms with van der Waals surface area (Å²) < 4.78 is 26.0. The molecule has 1 aliphatic rings. The maximum absolute atomic E-state index is 13.0. The number of rotatable bonds is 1. The number of anilines is 1. The fraction of sp³-hybridized carbons (Fsp3) is 0.636. The molecular weight excluding hydrogens is 212 g/mol. The molecule has 88 valence electrons. The predicted octanol–water partition coefficient (Wildman–Crippen LogP) is 2.33. The Morgan fingerprint density at radius 3 is 2.38 bits per heavy atom. The molecule has 0 amide bonds. The second kappa shape index (κ2) is 3.96. The van der Waals surface area contributed by atoms with Crippen LogP contribution in [0, 0.1) is 13.8 Å². The van der Waals surface area contributed by atoms with E-state index >= 15 is 0 Å². The van der Waals surface area contributed by atoms with Crippen LogP contribution in [0.5, 0.6) is 0 Å². The SMILES string of the molecule is Cc1cc(N2CCC(F)(F)CC2)nc(C)n1. The molecule has 0 unspecified atom stereocenters. The van der Waals surface area contributed by atoms with Crippen molar-refractivity contribution in [3.63, 3.8) is 0 Å². The van der Waals surface area contributed by atoms with Crippen LogP contribution in [-0.4, -0.2) is 29.0 Å². The van der Waals surface area contributed by atoms with Crippen LogP contribution < -0.4 is 4.90 Å². The first-order valence-corrected chi connectivity index (χ1v) is 5.41. The summed E-state index contributed by atoms with van der Waals surface area (Å²) in [6.07, 6.45) is -0.176. The van der Waals surface area contributed by atoms with Gasteiger partial charge in [0.25, 0.3) is 5.92 Å². The minimum absolute atomic E-state index is 0.0882. The first-order valence-electron chi connectivity index (χ1n) is 5.41. The molecule has 3 nitrogen and oxygen atoms in total. The lowest BCUT2D eigenvalue weighted by Gasteiger charge is -2.32. The van der Waals surface area contributed by atoms with Crippen molar-refractivity contribution in [3.8, 4) is 0 Å². The summed E-state index contributed by atoms with van der Waals surface area (Å²) in [5, 5.41) is 0. The minimum Gasteiger partial charge on any atom is -0.356 e. The Bertz CT molecular complexity index is 363. The van der Waals surface area contributed by atoms with Gasteiger partial charge in [-0.1, -0.05) is 0 Å². The van der Waals surface area contributed by atoms with Crippen molar-refractivity contribution in [1.29, 1.82) is 0 Å². The molecular formula is C11H15F2N3. The lowest BCUT2D eigenvalue weighted by molar-refractivity contribution is -0.0221. The van der Waals surface area contributed by atoms with Gasteiger partial charge in [-0.15, -0.1) is 0 Å². The number of halogens is 2. The summed E-state index contributed by atoms with van der Waals surface area (Å²) in [7, 11) is 0. The molecule has 1 aromatic heterocycles. The summed E-state index contributed by atoms with van der Waals surface area (Å²) in [5.41, 5.74) is 0.875. The number of aromatic nitrogens is 2. The fourth-order valence-corrected chi connectivity index (χ4v) is 1.92. The summed E-state index contributed by atoms with van der Waals surface area (Å²) >= 11 is 0. The highest BCUT2D eigenvalue weighted by molar-refractivity contribution is 5.40. The highest BCUT2D eigenvalue weighted by atomic mass is 19.3. The Morgan fingerprint density at radius 2 is 1.81 bits per heavy atom. The Kier molecular flexibility index (Phi) is 2.78. The van der Waals surface area contributed by atoms with Crippen molar-refractivity contribution in [2.24, 2.45) is 0 Å². The zero-order chi connectivity index (χ0) is 11.8. The highest BCUT2D eigenvalue weighted by Crippen LogP contribution is 2.29. The summed E-state index contributed by atoms with van der Waals surface area (Å²) in [5.74, 6) is -1.05. The number of aryl methyl sites for hydroxylation is 2. The first kappa shape index (κ1) is 11.2. The first-order chi connectivity index (χ1) is 7.46. The molecule has 2 rings (SSSR count). The average molecular weight is 227 g/mol. The lowest BCUT2D eigenvalue weighted by atomic mass is 10.1. The topological polar surface area (TPSA) is 29.0 Å². The highest BCUT2D eigenvalue weighted by Gasteiger charge is 2.34. The van der Waals surface area contributed by atoms with E-state index in [1.807, 2.05) is 24.8 Å². The molecule has 1 fully saturated rings. The smallest absolute Gasteiger partial charge is 0.251 e. The van der Waals surface area contributed by atoms with Crippen LogP contribution in [0.3, 0.4) is 0 Å². The van der Waals surface area contributed by atoms with Gasteiger partial charge in [0, 0.05) is 37.7 Å². The molecule has 5 heteroatoms. The Labute approximate surface area is 93.5 Å². The van der Waals surface area contributed by atoms with Gasteiger partial charge in [0.2, 0.25) is 0 Å². The maximum atomic E-state index is 13.0. The van der Waals surface area contributed by atoms with Crippen molar-refractivity contribution in [2.45, 2.75) is 32.6 Å². The fourth-order valence-electron chi connectivity index (χ4n) is 1.92. The van der Waals surface area contributed by atoms with Gasteiger partial charge in [0.15, 0.2) is 0 Å². The van der Waals surface area contributed by atoms with E-state index in [0.717, 1.165) is 11.5 Å². The van der Waals surface area contributed by atoms with Crippen LogP contribution in [0.15, 0.2) is 6.07 Å². The van der Waals surface area contributed by atoms with E-state index in [2.05, 4.69) is 9.97 Å². The number of hydrogen-bond donors (Lipinski definition) is 0. The zero-order valence-corrected chi connectivity index (χ0v) is 9.50. The molecule has 1 saturated heterocycles. The molecule has 0 spiro atoms. The van der Waals surface area contributed by atoms with Crippen LogP contribution in [0.2, 0.25) is 0 Å². The Morgan fingerprint density at radius 1 is 1.19 bits per heavy atom. The Hall–Kier alpha value is -1.26. The molecule has 0 aromatic carbocycles. The van der Waals surface area contributed by atoms with E-state index in [1.165, 1.54) is 0 Å². The van der Waals surface area contributed by atoms with Gasteiger partial charge in [-0.25, -0.2) is 18.7 Å². The summed E-state index contributed by atoms with van der Waals surface area (Å²) in [6.45, 7) is 4.43. The van der Waals surface area contributed by atoms with E-state index in [4.69, 9.17) is 0 Å². The summed E-state index contributed by atoms with van der Waals surface area (Å²) in [4.78, 5) is 10.3. The number of alkyl halides is 2. The van der Waals surface area contributed by atoms with E-state index in [9.17, 15) is 8.78 Å². The van der Waals surface area contributed by atoms with Crippen molar-refractivity contribution in [3.05, 3.63) is 17.6 Å². The van der Waals surface area contributed by atoms with Crippen LogP contribution in [0.1, 0.15) is 24.4 Å². The zero-order valence-electron chi connectivity index (χ0n) is 9.50. The van der Waals surface area contributed by atoms with E-state index in [-0.39, 0.29) is 12.8 Å². The molecule has 0 bridgehead atoms. The number of nitrogens with zero attached hydrogens (tertiary/aromatic N) is 3. The number of hydrogen-bond acceptors (Lipinski definition) is 3. The van der Waals surface area contributed by atoms with E-state index < -0.39 is 5.92 Å². The number of piperidine rings is 1. The van der Waals surface area contributed by atoms with Crippen LogP contribution in [0.25, 0.3) is 0 Å². The molecule has 0 aliphatic carbocycles. The third kappa shape index (κ3) is 2.46. The minimum atomic E-state index is -2.51. The molecule has 16 heavy (non-hydrogen) atoms. The molecule has 1 aliphatic heterocycles. The monoisotopic (exact) mass is 227 g/mol. The average Bonchev–Trinajstić information content (AvgIpc) is 2.15. The van der Waals surface area contributed by atoms with Gasteiger partial charge < -0.3 is 4.90 Å². The van der Waals surface area contributed by atoms with Crippen molar-refractivity contribution in [2.75, 3.05) is 18.0 Å². The van der Waals surface area contributed by atoms with Crippen molar-refractivity contribution in [1.82, 2.24) is 9.97 Å². The standard InChI is InChI=1S/C11H15F2N3/c1-8-7-10(15-9(2)14-8)16-5-3-11(12,13)4-6-16/h7H,3-6H2,1-2H3. The van der Waals surface area contributed by atoms with E-state index in [0.29, 0.717) is 18.9 Å². The summed E-state index contributed by atoms with van der Waals surface area (Å²) in [6, 6.07) is 1.84. The molecule has 0 atom stereocenters. The van der Waals surface area contributed by atoms with Gasteiger partial charge in [-0.05, 0) is 13.8 Å². The molecule has 0 radical (unpaired) electrons. The quantitative estimate of drug-likeness (QED) is 0.737. The third-order valence-corrected chi connectivity index (χ3v) is 2.77. The van der Waals surface area contributed by atoms with Gasteiger partial charge in [0.05, 0.1) is 0 Å². The lowest BCUT2D eigenvalue weighted by Crippen LogP contribution is -2.39. The van der Waals surface area contributed by atoms with Gasteiger partial charge in [0.1, 0.15) is 11.6 Å². The Balaban J connectivity index is 2.14. The van der Waals surface area contributed by atoms with Crippen LogP contribution in [0.4, 0.5) is 14.6 Å². The van der Waals surface area contributed by atoms with Crippen LogP contribution in [-0.2, 0) is 0 Å². The van der Waals surface area contributed by atoms with Gasteiger partial charge >= 0.3 is 0 Å². The molecule has 0 saturated carbocycles. The van der Waals surface area contributed by atoms with Gasteiger partial charge in [-0.2, -0.15) is 0 Å². The van der Waals surface area contributed by atoms with Crippen molar-refractivity contribution < 1.29 is 8.78 Å². The molecule has 2 heterocycles. The third-order valence-electron chi connectivity index (χ3n) is 2.77. The van der Waals surface area contributed by atoms with E-state index in [1.54, 1.807) is 0 Å². The second-order valence-corrected chi connectivity index (χ2v) is 4.26. The van der Waals surface area contributed by atoms with Gasteiger partial charge in [-0.3, -0.25) is 0 Å². The van der Waals surface area contributed by atoms with Crippen molar-refractivity contribution >= 4 is 5.82 Å². The normalized spacial score (nSPS) is 19.9. The van der Waals surface area contributed by atoms with Crippen LogP contribution >= 0.6 is 0 Å². The molecule has 1 aromatic rings. The maximum Gasteiger partial charge on any atom is 0.251 e. The second-order valence-electron chi connectivity index (χ2n) is 4.26.